The highest BCUT2D eigenvalue weighted by Gasteiger charge is 2.18. The van der Waals surface area contributed by atoms with E-state index in [1.807, 2.05) is 6.92 Å². The van der Waals surface area contributed by atoms with Gasteiger partial charge in [0.15, 0.2) is 11.5 Å². The lowest BCUT2D eigenvalue weighted by atomic mass is 10.2. The fourth-order valence-corrected chi connectivity index (χ4v) is 2.75. The number of nitrogens with zero attached hydrogens (tertiary/aromatic N) is 3. The van der Waals surface area contributed by atoms with Crippen LogP contribution in [0.15, 0.2) is 35.1 Å². The summed E-state index contributed by atoms with van der Waals surface area (Å²) in [6, 6.07) is 8.08. The van der Waals surface area contributed by atoms with Crippen molar-refractivity contribution in [3.05, 3.63) is 57.6 Å². The summed E-state index contributed by atoms with van der Waals surface area (Å²) >= 11 is 0. The van der Waals surface area contributed by atoms with Crippen molar-refractivity contribution < 1.29 is 14.3 Å². The average molecular weight is 367 g/mol. The number of anilines is 1. The second-order valence-electron chi connectivity index (χ2n) is 6.02. The fraction of sp³-hybridized carbons (Fsp3) is 0.222. The number of aromatic amines is 1. The van der Waals surface area contributed by atoms with Gasteiger partial charge < -0.3 is 14.8 Å². The van der Waals surface area contributed by atoms with Crippen molar-refractivity contribution in [1.29, 1.82) is 0 Å². The molecule has 0 unspecified atom stereocenters. The summed E-state index contributed by atoms with van der Waals surface area (Å²) in [4.78, 5) is 31.5. The van der Waals surface area contributed by atoms with Crippen LogP contribution in [0.4, 0.5) is 5.82 Å². The molecule has 0 aliphatic carbocycles. The minimum Gasteiger partial charge on any atom is -0.454 e. The van der Waals surface area contributed by atoms with Gasteiger partial charge in [-0.1, -0.05) is 6.92 Å². The van der Waals surface area contributed by atoms with Gasteiger partial charge in [-0.3, -0.25) is 14.6 Å². The maximum Gasteiger partial charge on any atom is 0.256 e. The van der Waals surface area contributed by atoms with Gasteiger partial charge in [0.1, 0.15) is 5.82 Å². The molecule has 1 amide bonds. The Labute approximate surface area is 154 Å². The van der Waals surface area contributed by atoms with Crippen LogP contribution in [-0.2, 0) is 6.42 Å². The van der Waals surface area contributed by atoms with Gasteiger partial charge in [-0.05, 0) is 31.5 Å². The molecule has 0 spiro atoms. The zero-order valence-corrected chi connectivity index (χ0v) is 14.8. The average Bonchev–Trinajstić information content (AvgIpc) is 3.26. The molecule has 4 rings (SSSR count). The van der Waals surface area contributed by atoms with E-state index in [1.165, 1.54) is 10.7 Å². The predicted octanol–water partition coefficient (Wildman–Crippen LogP) is 1.81. The van der Waals surface area contributed by atoms with Gasteiger partial charge >= 0.3 is 0 Å². The first-order valence-electron chi connectivity index (χ1n) is 8.42. The second-order valence-corrected chi connectivity index (χ2v) is 6.02. The first-order chi connectivity index (χ1) is 13.0. The van der Waals surface area contributed by atoms with Crippen LogP contribution in [0.1, 0.15) is 28.7 Å². The second kappa shape index (κ2) is 6.60. The van der Waals surface area contributed by atoms with Crippen LogP contribution in [0.3, 0.4) is 0 Å². The number of ether oxygens (including phenoxy) is 2. The SMILES string of the molecule is CCc1cc(=O)[nH]c(-n2nc(C)cc2NC(=O)c2ccc3c(c2)OCO3)n1. The van der Waals surface area contributed by atoms with Crippen molar-refractivity contribution in [1.82, 2.24) is 19.7 Å². The largest absolute Gasteiger partial charge is 0.454 e. The molecule has 3 heterocycles. The lowest BCUT2D eigenvalue weighted by Crippen LogP contribution is -2.19. The summed E-state index contributed by atoms with van der Waals surface area (Å²) in [6.45, 7) is 3.83. The predicted molar refractivity (Wildman–Crippen MR) is 96.6 cm³/mol. The van der Waals surface area contributed by atoms with E-state index in [4.69, 9.17) is 9.47 Å². The number of aryl methyl sites for hydroxylation is 2. The van der Waals surface area contributed by atoms with E-state index >= 15 is 0 Å². The quantitative estimate of drug-likeness (QED) is 0.727. The number of amides is 1. The van der Waals surface area contributed by atoms with Gasteiger partial charge in [-0.25, -0.2) is 4.98 Å². The van der Waals surface area contributed by atoms with Crippen LogP contribution in [-0.4, -0.2) is 32.4 Å². The number of rotatable bonds is 4. The molecule has 1 aromatic carbocycles. The number of carbonyl (C=O) groups is 1. The molecular formula is C18H17N5O4. The molecule has 1 aliphatic heterocycles. The van der Waals surface area contributed by atoms with Gasteiger partial charge in [0, 0.05) is 23.4 Å². The first kappa shape index (κ1) is 16.8. The Balaban J connectivity index is 1.66. The maximum absolute atomic E-state index is 12.7. The van der Waals surface area contributed by atoms with Gasteiger partial charge in [0.2, 0.25) is 12.7 Å². The third kappa shape index (κ3) is 3.26. The third-order valence-corrected chi connectivity index (χ3v) is 4.05. The summed E-state index contributed by atoms with van der Waals surface area (Å²) in [5, 5.41) is 7.12. The molecular weight excluding hydrogens is 350 g/mol. The molecule has 3 aromatic rings. The number of aromatic nitrogens is 4. The molecule has 0 atom stereocenters. The number of H-pyrrole nitrogens is 1. The van der Waals surface area contributed by atoms with Crippen LogP contribution in [0, 0.1) is 6.92 Å². The number of hydrogen-bond donors (Lipinski definition) is 2. The standard InChI is InChI=1S/C18H17N5O4/c1-3-12-8-16(24)21-18(19-12)23-15(6-10(2)22-23)20-17(25)11-4-5-13-14(7-11)27-9-26-13/h4-8H,3,9H2,1-2H3,(H,20,25)(H,19,21,24). The minimum atomic E-state index is -0.344. The summed E-state index contributed by atoms with van der Waals surface area (Å²) in [5.41, 5.74) is 1.43. The highest BCUT2D eigenvalue weighted by molar-refractivity contribution is 6.04. The Hall–Kier alpha value is -3.62. The Morgan fingerprint density at radius 1 is 1.26 bits per heavy atom. The Morgan fingerprint density at radius 2 is 2.07 bits per heavy atom. The zero-order chi connectivity index (χ0) is 19.0. The van der Waals surface area contributed by atoms with Crippen molar-refractivity contribution in [3.63, 3.8) is 0 Å². The molecule has 0 radical (unpaired) electrons. The third-order valence-electron chi connectivity index (χ3n) is 4.05. The normalized spacial score (nSPS) is 12.2. The van der Waals surface area contributed by atoms with Crippen LogP contribution in [0.2, 0.25) is 0 Å². The molecule has 0 saturated carbocycles. The number of carbonyl (C=O) groups excluding carboxylic acids is 1. The van der Waals surface area contributed by atoms with E-state index in [-0.39, 0.29) is 24.2 Å². The minimum absolute atomic E-state index is 0.138. The number of fused-ring (bicyclic) bond motifs is 1. The van der Waals surface area contributed by atoms with E-state index in [9.17, 15) is 9.59 Å². The molecule has 0 fully saturated rings. The summed E-state index contributed by atoms with van der Waals surface area (Å²) in [7, 11) is 0. The van der Waals surface area contributed by atoms with Crippen LogP contribution >= 0.6 is 0 Å². The molecule has 9 heteroatoms. The first-order valence-corrected chi connectivity index (χ1v) is 8.42. The fourth-order valence-electron chi connectivity index (χ4n) is 2.75. The van der Waals surface area contributed by atoms with Crippen molar-refractivity contribution in [3.8, 4) is 17.4 Å². The lowest BCUT2D eigenvalue weighted by molar-refractivity contribution is 0.102. The number of nitrogens with one attached hydrogen (secondary N) is 2. The Bertz CT molecular complexity index is 1090. The molecule has 0 saturated heterocycles. The maximum atomic E-state index is 12.7. The molecule has 2 aromatic heterocycles. The Morgan fingerprint density at radius 3 is 2.89 bits per heavy atom. The van der Waals surface area contributed by atoms with Crippen molar-refractivity contribution >= 4 is 11.7 Å². The molecule has 0 bridgehead atoms. The molecule has 138 valence electrons. The topological polar surface area (TPSA) is 111 Å². The Kier molecular flexibility index (Phi) is 4.11. The van der Waals surface area contributed by atoms with Crippen LogP contribution in [0.25, 0.3) is 5.95 Å². The smallest absolute Gasteiger partial charge is 0.256 e. The zero-order valence-electron chi connectivity index (χ0n) is 14.8. The molecule has 9 nitrogen and oxygen atoms in total. The monoisotopic (exact) mass is 367 g/mol. The summed E-state index contributed by atoms with van der Waals surface area (Å²) in [5.74, 6) is 1.42. The van der Waals surface area contributed by atoms with E-state index in [1.54, 1.807) is 31.2 Å². The van der Waals surface area contributed by atoms with E-state index in [2.05, 4.69) is 20.4 Å². The van der Waals surface area contributed by atoms with Gasteiger partial charge in [-0.15, -0.1) is 0 Å². The van der Waals surface area contributed by atoms with E-state index in [0.717, 1.165) is 0 Å². The molecule has 27 heavy (non-hydrogen) atoms. The highest BCUT2D eigenvalue weighted by atomic mass is 16.7. The lowest BCUT2D eigenvalue weighted by Gasteiger charge is -2.09. The van der Waals surface area contributed by atoms with Crippen molar-refractivity contribution in [2.45, 2.75) is 20.3 Å². The van der Waals surface area contributed by atoms with E-state index < -0.39 is 0 Å². The van der Waals surface area contributed by atoms with E-state index in [0.29, 0.717) is 40.7 Å². The number of benzene rings is 1. The molecule has 2 N–H and O–H groups in total. The van der Waals surface area contributed by atoms with Gasteiger partial charge in [0.05, 0.1) is 5.69 Å². The van der Waals surface area contributed by atoms with Crippen molar-refractivity contribution in [2.75, 3.05) is 12.1 Å². The van der Waals surface area contributed by atoms with Crippen LogP contribution < -0.4 is 20.3 Å². The highest BCUT2D eigenvalue weighted by Crippen LogP contribution is 2.32. The van der Waals surface area contributed by atoms with Gasteiger partial charge in [-0.2, -0.15) is 9.78 Å². The van der Waals surface area contributed by atoms with Gasteiger partial charge in [0.25, 0.3) is 11.5 Å². The van der Waals surface area contributed by atoms with Crippen molar-refractivity contribution in [2.24, 2.45) is 0 Å². The summed E-state index contributed by atoms with van der Waals surface area (Å²) in [6.07, 6.45) is 0.607. The number of hydrogen-bond acceptors (Lipinski definition) is 6. The summed E-state index contributed by atoms with van der Waals surface area (Å²) < 4.78 is 12.0. The molecule has 1 aliphatic rings. The van der Waals surface area contributed by atoms with Crippen LogP contribution in [0.5, 0.6) is 11.5 Å².